The number of ether oxygens (including phenoxy) is 1. The molecule has 0 aliphatic rings. The van der Waals surface area contributed by atoms with Crippen molar-refractivity contribution in [3.05, 3.63) is 96.2 Å². The zero-order chi connectivity index (χ0) is 20.9. The second-order valence-corrected chi connectivity index (χ2v) is 6.84. The Bertz CT molecular complexity index is 1180. The Balaban J connectivity index is 1.55. The molecule has 150 valence electrons. The highest BCUT2D eigenvalue weighted by molar-refractivity contribution is 5.99. The number of carbonyl (C=O) groups excluding carboxylic acids is 1. The van der Waals surface area contributed by atoms with Crippen molar-refractivity contribution in [3.8, 4) is 11.5 Å². The second-order valence-electron chi connectivity index (χ2n) is 6.84. The molecular weight excluding hydrogens is 380 g/mol. The summed E-state index contributed by atoms with van der Waals surface area (Å²) in [5.74, 6) is -0.660. The van der Waals surface area contributed by atoms with Crippen molar-refractivity contribution in [1.82, 2.24) is 10.3 Å². The summed E-state index contributed by atoms with van der Waals surface area (Å²) in [5, 5.41) is 13.3. The van der Waals surface area contributed by atoms with E-state index < -0.39 is 17.9 Å². The molecule has 0 aliphatic heterocycles. The van der Waals surface area contributed by atoms with Crippen LogP contribution in [-0.2, 0) is 11.2 Å². The summed E-state index contributed by atoms with van der Waals surface area (Å²) in [6, 6.07) is 22.4. The maximum Gasteiger partial charge on any atom is 0.326 e. The molecule has 6 heteroatoms. The van der Waals surface area contributed by atoms with Gasteiger partial charge in [0.2, 0.25) is 0 Å². The van der Waals surface area contributed by atoms with Gasteiger partial charge in [-0.15, -0.1) is 0 Å². The molecule has 0 bridgehead atoms. The highest BCUT2D eigenvalue weighted by Crippen LogP contribution is 2.25. The fourth-order valence-corrected chi connectivity index (χ4v) is 3.32. The lowest BCUT2D eigenvalue weighted by Crippen LogP contribution is -2.42. The van der Waals surface area contributed by atoms with Crippen LogP contribution in [0.4, 0.5) is 0 Å². The molecule has 30 heavy (non-hydrogen) atoms. The number of carbonyl (C=O) groups is 2. The van der Waals surface area contributed by atoms with Gasteiger partial charge in [0.05, 0.1) is 5.56 Å². The topological polar surface area (TPSA) is 91.4 Å². The van der Waals surface area contributed by atoms with Crippen molar-refractivity contribution in [2.45, 2.75) is 12.5 Å². The molecule has 3 aromatic carbocycles. The molecule has 0 saturated heterocycles. The SMILES string of the molecule is O=C(NC(Cc1c[nH]c2ccccc12)C(=O)O)c1ccccc1Oc1ccccc1. The van der Waals surface area contributed by atoms with Gasteiger partial charge in [0, 0.05) is 23.5 Å². The first-order valence-corrected chi connectivity index (χ1v) is 9.52. The number of aliphatic carboxylic acids is 1. The van der Waals surface area contributed by atoms with Crippen LogP contribution in [0.1, 0.15) is 15.9 Å². The number of benzene rings is 3. The van der Waals surface area contributed by atoms with Crippen LogP contribution in [0.3, 0.4) is 0 Å². The predicted octanol–water partition coefficient (Wildman–Crippen LogP) is 4.39. The van der Waals surface area contributed by atoms with Crippen LogP contribution in [0, 0.1) is 0 Å². The Hall–Kier alpha value is -4.06. The number of carboxylic acids is 1. The minimum Gasteiger partial charge on any atom is -0.480 e. The van der Waals surface area contributed by atoms with E-state index in [1.54, 1.807) is 42.6 Å². The molecule has 0 saturated carbocycles. The number of fused-ring (bicyclic) bond motifs is 1. The number of rotatable bonds is 7. The van der Waals surface area contributed by atoms with Crippen molar-refractivity contribution >= 4 is 22.8 Å². The summed E-state index contributed by atoms with van der Waals surface area (Å²) in [4.78, 5) is 27.9. The van der Waals surface area contributed by atoms with Crippen molar-refractivity contribution in [1.29, 1.82) is 0 Å². The first-order chi connectivity index (χ1) is 14.6. The Kier molecular flexibility index (Phi) is 5.48. The quantitative estimate of drug-likeness (QED) is 0.429. The van der Waals surface area contributed by atoms with E-state index in [2.05, 4.69) is 10.3 Å². The molecule has 1 aromatic heterocycles. The van der Waals surface area contributed by atoms with Crippen LogP contribution < -0.4 is 10.1 Å². The van der Waals surface area contributed by atoms with Gasteiger partial charge >= 0.3 is 5.97 Å². The number of aromatic nitrogens is 1. The van der Waals surface area contributed by atoms with Gasteiger partial charge in [-0.2, -0.15) is 0 Å². The molecule has 0 radical (unpaired) electrons. The van der Waals surface area contributed by atoms with E-state index in [1.165, 1.54) is 0 Å². The minimum atomic E-state index is -1.10. The molecule has 1 atom stereocenters. The number of para-hydroxylation sites is 3. The summed E-state index contributed by atoms with van der Waals surface area (Å²) < 4.78 is 5.82. The molecule has 6 nitrogen and oxygen atoms in total. The molecule has 0 aliphatic carbocycles. The zero-order valence-corrected chi connectivity index (χ0v) is 16.0. The van der Waals surface area contributed by atoms with Crippen molar-refractivity contribution in [3.63, 3.8) is 0 Å². The number of nitrogens with one attached hydrogen (secondary N) is 2. The highest BCUT2D eigenvalue weighted by Gasteiger charge is 2.24. The average Bonchev–Trinajstić information content (AvgIpc) is 3.17. The average molecular weight is 400 g/mol. The lowest BCUT2D eigenvalue weighted by molar-refractivity contribution is -0.139. The van der Waals surface area contributed by atoms with Gasteiger partial charge < -0.3 is 20.1 Å². The van der Waals surface area contributed by atoms with Crippen LogP contribution in [0.15, 0.2) is 85.1 Å². The summed E-state index contributed by atoms with van der Waals surface area (Å²) in [6.07, 6.45) is 1.94. The monoisotopic (exact) mass is 400 g/mol. The van der Waals surface area contributed by atoms with Gasteiger partial charge in [-0.05, 0) is 35.9 Å². The third-order valence-electron chi connectivity index (χ3n) is 4.81. The smallest absolute Gasteiger partial charge is 0.326 e. The van der Waals surface area contributed by atoms with Crippen LogP contribution in [0.2, 0.25) is 0 Å². The van der Waals surface area contributed by atoms with Gasteiger partial charge in [-0.3, -0.25) is 4.79 Å². The largest absolute Gasteiger partial charge is 0.480 e. The molecule has 0 fully saturated rings. The molecular formula is C24H20N2O4. The van der Waals surface area contributed by atoms with Crippen molar-refractivity contribution < 1.29 is 19.4 Å². The highest BCUT2D eigenvalue weighted by atomic mass is 16.5. The fraction of sp³-hybridized carbons (Fsp3) is 0.0833. The Labute approximate surface area is 173 Å². The fourth-order valence-electron chi connectivity index (χ4n) is 3.32. The number of amides is 1. The molecule has 1 heterocycles. The van der Waals surface area contributed by atoms with Crippen LogP contribution in [0.25, 0.3) is 10.9 Å². The first kappa shape index (κ1) is 19.3. The number of hydrogen-bond acceptors (Lipinski definition) is 3. The Morgan fingerprint density at radius 2 is 1.63 bits per heavy atom. The van der Waals surface area contributed by atoms with E-state index in [9.17, 15) is 14.7 Å². The van der Waals surface area contributed by atoms with Gasteiger partial charge in [-0.1, -0.05) is 48.5 Å². The van der Waals surface area contributed by atoms with Crippen molar-refractivity contribution in [2.75, 3.05) is 0 Å². The summed E-state index contributed by atoms with van der Waals surface area (Å²) in [5.41, 5.74) is 2.02. The third-order valence-corrected chi connectivity index (χ3v) is 4.81. The molecule has 1 amide bonds. The van der Waals surface area contributed by atoms with Crippen LogP contribution in [-0.4, -0.2) is 28.0 Å². The summed E-state index contributed by atoms with van der Waals surface area (Å²) in [6.45, 7) is 0. The first-order valence-electron chi connectivity index (χ1n) is 9.52. The molecule has 1 unspecified atom stereocenters. The summed E-state index contributed by atoms with van der Waals surface area (Å²) in [7, 11) is 0. The lowest BCUT2D eigenvalue weighted by Gasteiger charge is -2.16. The molecule has 3 N–H and O–H groups in total. The van der Waals surface area contributed by atoms with E-state index in [0.717, 1.165) is 16.5 Å². The van der Waals surface area contributed by atoms with Crippen LogP contribution in [0.5, 0.6) is 11.5 Å². The maximum atomic E-state index is 12.9. The van der Waals surface area contributed by atoms with Gasteiger partial charge in [-0.25, -0.2) is 4.79 Å². The second kappa shape index (κ2) is 8.53. The molecule has 4 rings (SSSR count). The number of aromatic amines is 1. The number of carboxylic acid groups (broad SMARTS) is 1. The van der Waals surface area contributed by atoms with Crippen LogP contribution >= 0.6 is 0 Å². The van der Waals surface area contributed by atoms with Crippen molar-refractivity contribution in [2.24, 2.45) is 0 Å². The standard InChI is InChI=1S/C24H20N2O4/c27-23(19-11-5-7-13-22(19)30-17-8-2-1-3-9-17)26-21(24(28)29)14-16-15-25-20-12-6-4-10-18(16)20/h1-13,15,21,25H,14H2,(H,26,27)(H,28,29). The number of hydrogen-bond donors (Lipinski definition) is 3. The Morgan fingerprint density at radius 1 is 0.933 bits per heavy atom. The van der Waals surface area contributed by atoms with E-state index in [1.807, 2.05) is 42.5 Å². The minimum absolute atomic E-state index is 0.160. The predicted molar refractivity (Wildman–Crippen MR) is 114 cm³/mol. The van der Waals surface area contributed by atoms with E-state index in [0.29, 0.717) is 11.5 Å². The molecule has 4 aromatic rings. The third kappa shape index (κ3) is 4.17. The Morgan fingerprint density at radius 3 is 2.43 bits per heavy atom. The van der Waals surface area contributed by atoms with Gasteiger partial charge in [0.25, 0.3) is 5.91 Å². The maximum absolute atomic E-state index is 12.9. The van der Waals surface area contributed by atoms with E-state index >= 15 is 0 Å². The van der Waals surface area contributed by atoms with Gasteiger partial charge in [0.1, 0.15) is 17.5 Å². The molecule has 0 spiro atoms. The summed E-state index contributed by atoms with van der Waals surface area (Å²) >= 11 is 0. The lowest BCUT2D eigenvalue weighted by atomic mass is 10.0. The normalized spacial score (nSPS) is 11.7. The van der Waals surface area contributed by atoms with Gasteiger partial charge in [0.15, 0.2) is 0 Å². The van der Waals surface area contributed by atoms with E-state index in [4.69, 9.17) is 4.74 Å². The van der Waals surface area contributed by atoms with E-state index in [-0.39, 0.29) is 12.0 Å². The number of H-pyrrole nitrogens is 1. The zero-order valence-electron chi connectivity index (χ0n) is 16.0.